The lowest BCUT2D eigenvalue weighted by Gasteiger charge is -2.56. The molecule has 0 heterocycles. The summed E-state index contributed by atoms with van der Waals surface area (Å²) in [6.45, 7) is 5.02. The number of hydrogen-bond acceptors (Lipinski definition) is 0. The molecular formula is C22H38. The fourth-order valence-electron chi connectivity index (χ4n) is 7.85. The first kappa shape index (κ1) is 15.5. The summed E-state index contributed by atoms with van der Waals surface area (Å²) >= 11 is 0. The summed E-state index contributed by atoms with van der Waals surface area (Å²) in [6, 6.07) is 0. The van der Waals surface area contributed by atoms with Crippen LogP contribution < -0.4 is 0 Å². The van der Waals surface area contributed by atoms with Crippen molar-refractivity contribution in [3.05, 3.63) is 0 Å². The van der Waals surface area contributed by atoms with Crippen molar-refractivity contribution in [3.8, 4) is 0 Å². The Bertz CT molecular complexity index is 372. The molecule has 8 atom stereocenters. The third kappa shape index (κ3) is 2.57. The Morgan fingerprint density at radius 2 is 1.27 bits per heavy atom. The average molecular weight is 303 g/mol. The molecule has 0 aromatic heterocycles. The highest BCUT2D eigenvalue weighted by atomic mass is 14.5. The average Bonchev–Trinajstić information content (AvgIpc) is 2.57. The molecule has 126 valence electrons. The van der Waals surface area contributed by atoms with Crippen LogP contribution in [0.2, 0.25) is 0 Å². The van der Waals surface area contributed by atoms with Crippen LogP contribution in [0, 0.1) is 47.3 Å². The molecule has 22 heavy (non-hydrogen) atoms. The zero-order valence-electron chi connectivity index (χ0n) is 15.1. The van der Waals surface area contributed by atoms with Gasteiger partial charge in [-0.2, -0.15) is 0 Å². The van der Waals surface area contributed by atoms with Crippen LogP contribution in [0.4, 0.5) is 0 Å². The monoisotopic (exact) mass is 302 g/mol. The van der Waals surface area contributed by atoms with Gasteiger partial charge in [-0.3, -0.25) is 0 Å². The van der Waals surface area contributed by atoms with Gasteiger partial charge in [0.2, 0.25) is 0 Å². The minimum absolute atomic E-state index is 1.03. The van der Waals surface area contributed by atoms with Crippen LogP contribution in [-0.2, 0) is 0 Å². The van der Waals surface area contributed by atoms with Crippen molar-refractivity contribution in [2.24, 2.45) is 47.3 Å². The summed E-state index contributed by atoms with van der Waals surface area (Å²) in [5.41, 5.74) is 0. The molecule has 0 aromatic carbocycles. The number of rotatable bonds is 2. The van der Waals surface area contributed by atoms with Crippen LogP contribution in [0.5, 0.6) is 0 Å². The summed E-state index contributed by atoms with van der Waals surface area (Å²) in [7, 11) is 0. The Balaban J connectivity index is 1.48. The van der Waals surface area contributed by atoms with Gasteiger partial charge in [-0.1, -0.05) is 46.0 Å². The maximum atomic E-state index is 2.63. The third-order valence-corrected chi connectivity index (χ3v) is 8.82. The molecule has 0 amide bonds. The van der Waals surface area contributed by atoms with E-state index < -0.39 is 0 Å². The van der Waals surface area contributed by atoms with Gasteiger partial charge in [-0.25, -0.2) is 0 Å². The second kappa shape index (κ2) is 6.48. The highest BCUT2D eigenvalue weighted by molar-refractivity contribution is 4.99. The van der Waals surface area contributed by atoms with Crippen molar-refractivity contribution in [2.75, 3.05) is 0 Å². The predicted molar refractivity (Wildman–Crippen MR) is 94.7 cm³/mol. The normalized spacial score (nSPS) is 51.5. The minimum Gasteiger partial charge on any atom is -0.0654 e. The van der Waals surface area contributed by atoms with Crippen LogP contribution in [0.1, 0.15) is 90.9 Å². The van der Waals surface area contributed by atoms with Gasteiger partial charge in [0.05, 0.1) is 0 Å². The molecule has 0 heteroatoms. The van der Waals surface area contributed by atoms with Crippen molar-refractivity contribution in [2.45, 2.75) is 90.9 Å². The topological polar surface area (TPSA) is 0 Å². The predicted octanol–water partition coefficient (Wildman–Crippen LogP) is 6.69. The molecule has 0 N–H and O–H groups in total. The molecule has 0 aliphatic heterocycles. The first-order chi connectivity index (χ1) is 10.8. The molecule has 0 radical (unpaired) electrons. The van der Waals surface area contributed by atoms with E-state index in [2.05, 4.69) is 13.8 Å². The van der Waals surface area contributed by atoms with Crippen LogP contribution in [-0.4, -0.2) is 0 Å². The maximum Gasteiger partial charge on any atom is -0.0352 e. The Hall–Kier alpha value is 0. The zero-order valence-corrected chi connectivity index (χ0v) is 15.1. The van der Waals surface area contributed by atoms with Crippen molar-refractivity contribution >= 4 is 0 Å². The molecule has 0 saturated heterocycles. The Labute approximate surface area is 138 Å². The van der Waals surface area contributed by atoms with Gasteiger partial charge in [0.1, 0.15) is 0 Å². The highest BCUT2D eigenvalue weighted by Crippen LogP contribution is 2.59. The standard InChI is InChI=1S/C22H38/c1-3-6-16-9-11-20-18(15(16)2)13-14-21-19-8-5-4-7-17(19)10-12-22(20)21/h15-22H,3-14H2,1-2H3. The van der Waals surface area contributed by atoms with Crippen LogP contribution in [0.25, 0.3) is 0 Å². The van der Waals surface area contributed by atoms with Gasteiger partial charge in [-0.15, -0.1) is 0 Å². The molecule has 8 unspecified atom stereocenters. The van der Waals surface area contributed by atoms with Gasteiger partial charge in [0.15, 0.2) is 0 Å². The van der Waals surface area contributed by atoms with E-state index in [0.29, 0.717) is 0 Å². The minimum atomic E-state index is 1.03. The quantitative estimate of drug-likeness (QED) is 0.533. The van der Waals surface area contributed by atoms with E-state index >= 15 is 0 Å². The molecule has 0 nitrogen and oxygen atoms in total. The maximum absolute atomic E-state index is 2.63. The zero-order chi connectivity index (χ0) is 15.1. The largest absolute Gasteiger partial charge is 0.0654 e. The Morgan fingerprint density at radius 1 is 0.636 bits per heavy atom. The molecule has 0 aromatic rings. The van der Waals surface area contributed by atoms with Gasteiger partial charge >= 0.3 is 0 Å². The summed E-state index contributed by atoms with van der Waals surface area (Å²) < 4.78 is 0. The smallest absolute Gasteiger partial charge is 0.0352 e. The van der Waals surface area contributed by atoms with Crippen molar-refractivity contribution < 1.29 is 0 Å². The first-order valence-corrected chi connectivity index (χ1v) is 10.8. The van der Waals surface area contributed by atoms with Crippen molar-refractivity contribution in [3.63, 3.8) is 0 Å². The van der Waals surface area contributed by atoms with E-state index in [4.69, 9.17) is 0 Å². The molecule has 4 fully saturated rings. The van der Waals surface area contributed by atoms with E-state index in [0.717, 1.165) is 47.3 Å². The Morgan fingerprint density at radius 3 is 2.14 bits per heavy atom. The molecule has 4 aliphatic carbocycles. The second-order valence-electron chi connectivity index (χ2n) is 9.50. The van der Waals surface area contributed by atoms with E-state index in [9.17, 15) is 0 Å². The summed E-state index contributed by atoms with van der Waals surface area (Å²) in [5, 5.41) is 0. The van der Waals surface area contributed by atoms with Crippen molar-refractivity contribution in [1.82, 2.24) is 0 Å². The molecule has 0 bridgehead atoms. The number of fused-ring (bicyclic) bond motifs is 5. The van der Waals surface area contributed by atoms with Gasteiger partial charge in [0.25, 0.3) is 0 Å². The number of hydrogen-bond donors (Lipinski definition) is 0. The highest BCUT2D eigenvalue weighted by Gasteiger charge is 2.50. The van der Waals surface area contributed by atoms with E-state index in [1.165, 1.54) is 12.8 Å². The SMILES string of the molecule is CCCC1CCC2C(CCC3C4CCCCC4CCC32)C1C. The van der Waals surface area contributed by atoms with Gasteiger partial charge < -0.3 is 0 Å². The Kier molecular flexibility index (Phi) is 4.57. The van der Waals surface area contributed by atoms with Gasteiger partial charge in [-0.05, 0) is 92.3 Å². The van der Waals surface area contributed by atoms with Gasteiger partial charge in [0, 0.05) is 0 Å². The van der Waals surface area contributed by atoms with E-state index in [-0.39, 0.29) is 0 Å². The fraction of sp³-hybridized carbons (Fsp3) is 1.00. The molecule has 4 rings (SSSR count). The molecular weight excluding hydrogens is 264 g/mol. The first-order valence-electron chi connectivity index (χ1n) is 10.8. The summed E-state index contributed by atoms with van der Waals surface area (Å²) in [4.78, 5) is 0. The lowest BCUT2D eigenvalue weighted by Crippen LogP contribution is -2.48. The molecule has 0 spiro atoms. The lowest BCUT2D eigenvalue weighted by molar-refractivity contribution is -0.0685. The molecule has 4 aliphatic rings. The van der Waals surface area contributed by atoms with Crippen molar-refractivity contribution in [1.29, 1.82) is 0 Å². The fourth-order valence-corrected chi connectivity index (χ4v) is 7.85. The third-order valence-electron chi connectivity index (χ3n) is 8.82. The van der Waals surface area contributed by atoms with E-state index in [1.54, 1.807) is 64.2 Å². The molecule has 4 saturated carbocycles. The lowest BCUT2D eigenvalue weighted by atomic mass is 9.49. The summed E-state index contributed by atoms with van der Waals surface area (Å²) in [5.74, 6) is 8.91. The van der Waals surface area contributed by atoms with Crippen LogP contribution >= 0.6 is 0 Å². The second-order valence-corrected chi connectivity index (χ2v) is 9.50. The van der Waals surface area contributed by atoms with Crippen LogP contribution in [0.3, 0.4) is 0 Å². The van der Waals surface area contributed by atoms with E-state index in [1.807, 2.05) is 0 Å². The summed E-state index contributed by atoms with van der Waals surface area (Å²) in [6.07, 6.45) is 18.7. The van der Waals surface area contributed by atoms with Crippen LogP contribution in [0.15, 0.2) is 0 Å².